The van der Waals surface area contributed by atoms with E-state index in [9.17, 15) is 13.2 Å². The van der Waals surface area contributed by atoms with Crippen molar-refractivity contribution in [2.75, 3.05) is 5.43 Å². The number of carbonyl (C=O) groups is 1. The van der Waals surface area contributed by atoms with Crippen LogP contribution in [0.1, 0.15) is 27.4 Å². The first-order chi connectivity index (χ1) is 17.0. The molecule has 0 radical (unpaired) electrons. The Bertz CT molecular complexity index is 1550. The van der Waals surface area contributed by atoms with Crippen LogP contribution in [0.3, 0.4) is 0 Å². The summed E-state index contributed by atoms with van der Waals surface area (Å²) in [6.45, 7) is 5.83. The van der Waals surface area contributed by atoms with E-state index in [0.717, 1.165) is 27.0 Å². The number of halogens is 2. The minimum atomic E-state index is -4.94. The number of sulfonamides is 1. The highest BCUT2D eigenvalue weighted by Gasteiger charge is 2.24. The molecule has 4 N–H and O–H groups in total. The molecular weight excluding hydrogens is 592 g/mol. The smallest absolute Gasteiger partial charge is 0.322 e. The molecule has 0 aliphatic heterocycles. The molecule has 2 aromatic carbocycles. The van der Waals surface area contributed by atoms with Gasteiger partial charge in [0.15, 0.2) is 0 Å². The van der Waals surface area contributed by atoms with Crippen LogP contribution in [0.2, 0.25) is 0 Å². The number of aromatic amines is 1. The van der Waals surface area contributed by atoms with Crippen molar-refractivity contribution in [3.63, 3.8) is 0 Å². The van der Waals surface area contributed by atoms with Gasteiger partial charge >= 0.3 is 5.91 Å². The van der Waals surface area contributed by atoms with E-state index in [4.69, 9.17) is 23.8 Å². The van der Waals surface area contributed by atoms with Crippen molar-refractivity contribution in [2.24, 2.45) is 5.14 Å². The molecule has 0 fully saturated rings. The van der Waals surface area contributed by atoms with Crippen molar-refractivity contribution in [2.45, 2.75) is 25.7 Å². The lowest BCUT2D eigenvalue weighted by Gasteiger charge is -2.17. The summed E-state index contributed by atoms with van der Waals surface area (Å²) in [5.41, 5.74) is 8.12. The third-order valence-corrected chi connectivity index (χ3v) is 6.69. The second-order valence-corrected chi connectivity index (χ2v) is 11.3. The summed E-state index contributed by atoms with van der Waals surface area (Å²) in [7, 11) is -8.85. The van der Waals surface area contributed by atoms with Crippen LogP contribution in [0, 0.1) is 31.0 Å². The summed E-state index contributed by atoms with van der Waals surface area (Å²) < 4.78 is 60.4. The molecule has 4 aromatic rings. The number of nitrogens with one attached hydrogen (secondary N) is 2. The number of aromatic nitrogens is 2. The van der Waals surface area contributed by atoms with Crippen LogP contribution in [-0.4, -0.2) is 19.3 Å². The minimum Gasteiger partial charge on any atom is -0.350 e. The van der Waals surface area contributed by atoms with Gasteiger partial charge in [0.25, 0.3) is 0 Å². The number of rotatable bonds is 4. The molecule has 0 bridgehead atoms. The number of carbonyl (C=O) groups excluding carboxylic acids is 1. The number of nitrogens with two attached hydrogens (primary N) is 1. The second-order valence-electron chi connectivity index (χ2n) is 8.10. The van der Waals surface area contributed by atoms with Crippen LogP contribution in [0.15, 0.2) is 64.0 Å². The van der Waals surface area contributed by atoms with Gasteiger partial charge < -0.3 is 4.98 Å². The topological polar surface area (TPSA) is 201 Å². The molecule has 1 amide bonds. The van der Waals surface area contributed by atoms with Crippen LogP contribution in [0.25, 0.3) is 22.0 Å². The molecule has 0 unspecified atom stereocenters. The Hall–Kier alpha value is -2.88. The zero-order chi connectivity index (χ0) is 27.7. The molecule has 11 nitrogen and oxygen atoms in total. The van der Waals surface area contributed by atoms with Crippen molar-refractivity contribution in [3.8, 4) is 11.1 Å². The molecule has 2 heterocycles. The fourth-order valence-electron chi connectivity index (χ4n) is 3.88. The van der Waals surface area contributed by atoms with E-state index in [-0.39, 0.29) is 10.8 Å². The van der Waals surface area contributed by atoms with Gasteiger partial charge in [-0.25, -0.2) is 32.2 Å². The number of benzene rings is 2. The van der Waals surface area contributed by atoms with Gasteiger partial charge in [0.2, 0.25) is 21.4 Å². The fraction of sp³-hybridized carbons (Fsp3) is 0.130. The summed E-state index contributed by atoms with van der Waals surface area (Å²) in [6, 6.07) is 15.9. The molecular formula is C23H22BrClN4O7S. The zero-order valence-corrected chi connectivity index (χ0v) is 22.9. The number of fused-ring (bicyclic) bond motifs is 1. The van der Waals surface area contributed by atoms with Crippen LogP contribution >= 0.6 is 15.9 Å². The monoisotopic (exact) mass is 612 g/mol. The molecule has 14 heteroatoms. The van der Waals surface area contributed by atoms with Gasteiger partial charge in [-0.05, 0) is 48.4 Å². The average Bonchev–Trinajstić information content (AvgIpc) is 3.14. The van der Waals surface area contributed by atoms with E-state index in [0.29, 0.717) is 22.2 Å². The zero-order valence-electron chi connectivity index (χ0n) is 19.7. The van der Waals surface area contributed by atoms with E-state index in [2.05, 4.69) is 26.3 Å². The van der Waals surface area contributed by atoms with Gasteiger partial charge in [-0.1, -0.05) is 32.7 Å². The summed E-state index contributed by atoms with van der Waals surface area (Å²) >= 11 is 3.42. The van der Waals surface area contributed by atoms with E-state index in [1.54, 1.807) is 10.7 Å². The van der Waals surface area contributed by atoms with E-state index in [1.165, 1.54) is 12.1 Å². The van der Waals surface area contributed by atoms with Crippen molar-refractivity contribution >= 4 is 42.8 Å². The number of pyridine rings is 1. The highest BCUT2D eigenvalue weighted by Crippen LogP contribution is 2.34. The van der Waals surface area contributed by atoms with Crippen molar-refractivity contribution in [3.05, 3.63) is 81.7 Å². The Morgan fingerprint density at radius 3 is 2.03 bits per heavy atom. The third-order valence-electron chi connectivity index (χ3n) is 5.25. The van der Waals surface area contributed by atoms with Crippen LogP contribution in [0.5, 0.6) is 0 Å². The Balaban J connectivity index is 0.000000695. The molecule has 0 spiro atoms. The van der Waals surface area contributed by atoms with Gasteiger partial charge in [0, 0.05) is 46.9 Å². The van der Waals surface area contributed by atoms with Crippen LogP contribution in [0.4, 0.5) is 0 Å². The molecule has 37 heavy (non-hydrogen) atoms. The summed E-state index contributed by atoms with van der Waals surface area (Å²) in [5.74, 6) is -0.351. The summed E-state index contributed by atoms with van der Waals surface area (Å²) in [4.78, 5) is 16.5. The van der Waals surface area contributed by atoms with E-state index in [1.807, 2.05) is 57.2 Å². The number of primary sulfonamides is 1. The van der Waals surface area contributed by atoms with Crippen molar-refractivity contribution < 1.29 is 46.8 Å². The second kappa shape index (κ2) is 10.8. The standard InChI is InChI=1S/C23H21BrN4O3S.ClHO4/c1-13-10-14(2)28(15(3)11-13)27-23(29)22-21(16-4-6-17(24)7-5-16)19-12-18(32(25,30)31)8-9-20(19)26-22;2-1(3,4)5/h4-12H,1-3H3,(H3-,25,26,27,29,30,31);(H,2,3,4,5). The Morgan fingerprint density at radius 2 is 1.51 bits per heavy atom. The molecule has 0 atom stereocenters. The highest BCUT2D eigenvalue weighted by molar-refractivity contribution is 9.10. The third kappa shape index (κ3) is 7.34. The van der Waals surface area contributed by atoms with Gasteiger partial charge in [-0.15, -0.1) is 15.7 Å². The Kier molecular flexibility index (Phi) is 8.41. The minimum absolute atomic E-state index is 0.0195. The lowest BCUT2D eigenvalue weighted by atomic mass is 10.0. The first kappa shape index (κ1) is 28.7. The largest absolute Gasteiger partial charge is 0.350 e. The molecule has 196 valence electrons. The maximum absolute atomic E-state index is 13.4. The van der Waals surface area contributed by atoms with Gasteiger partial charge in [0.05, 0.1) is 4.90 Å². The molecule has 2 aromatic heterocycles. The normalized spacial score (nSPS) is 11.7. The summed E-state index contributed by atoms with van der Waals surface area (Å²) in [5, 5.41) is 5.93. The lowest BCUT2D eigenvalue weighted by molar-refractivity contribution is -2.00. The van der Waals surface area contributed by atoms with Crippen molar-refractivity contribution in [1.29, 1.82) is 0 Å². The van der Waals surface area contributed by atoms with E-state index < -0.39 is 20.3 Å². The van der Waals surface area contributed by atoms with Gasteiger partial charge in [-0.3, -0.25) is 4.79 Å². The number of amides is 1. The average molecular weight is 614 g/mol. The maximum Gasteiger partial charge on any atom is 0.322 e. The molecule has 0 aliphatic rings. The van der Waals surface area contributed by atoms with Crippen LogP contribution < -0.4 is 33.9 Å². The van der Waals surface area contributed by atoms with Crippen LogP contribution in [-0.2, 0) is 10.0 Å². The van der Waals surface area contributed by atoms with Gasteiger partial charge in [0.1, 0.15) is 5.69 Å². The Morgan fingerprint density at radius 1 is 0.973 bits per heavy atom. The number of aryl methyl sites for hydroxylation is 3. The molecule has 0 aliphatic carbocycles. The predicted molar refractivity (Wildman–Crippen MR) is 127 cm³/mol. The SMILES string of the molecule is Cc1cc(C)[n+](NC(=O)c2[nH]c3ccc(S(N)(=O)=O)cc3c2-c2ccc(Br)cc2)c(C)c1.[O-][Cl+3]([O-])([O-])[O-]. The van der Waals surface area contributed by atoms with Crippen molar-refractivity contribution in [1.82, 2.24) is 4.98 Å². The predicted octanol–water partition coefficient (Wildman–Crippen LogP) is -0.915. The van der Waals surface area contributed by atoms with Gasteiger partial charge in [-0.2, -0.15) is 0 Å². The number of H-pyrrole nitrogens is 1. The number of nitrogens with zero attached hydrogens (tertiary/aromatic N) is 1. The molecule has 0 saturated carbocycles. The summed E-state index contributed by atoms with van der Waals surface area (Å²) in [6.07, 6.45) is 0. The highest BCUT2D eigenvalue weighted by atomic mass is 79.9. The maximum atomic E-state index is 13.4. The first-order valence-corrected chi connectivity index (χ1v) is 14.0. The quantitative estimate of drug-likeness (QED) is 0.247. The van der Waals surface area contributed by atoms with E-state index >= 15 is 0 Å². The molecule has 4 rings (SSSR count). The Labute approximate surface area is 223 Å². The number of hydrogen-bond acceptors (Lipinski definition) is 7. The fourth-order valence-corrected chi connectivity index (χ4v) is 4.68. The first-order valence-electron chi connectivity index (χ1n) is 10.4. The molecule has 0 saturated heterocycles. The lowest BCUT2D eigenvalue weighted by Crippen LogP contribution is -2.68. The number of hydrogen-bond donors (Lipinski definition) is 3.